The summed E-state index contributed by atoms with van der Waals surface area (Å²) >= 11 is 6.06. The van der Waals surface area contributed by atoms with Crippen LogP contribution in [0.3, 0.4) is 0 Å². The van der Waals surface area contributed by atoms with Crippen molar-refractivity contribution < 1.29 is 18.7 Å². The minimum absolute atomic E-state index is 0.0530. The third-order valence-corrected chi connectivity index (χ3v) is 5.38. The van der Waals surface area contributed by atoms with Gasteiger partial charge >= 0.3 is 0 Å². The number of nitrogens with one attached hydrogen (secondary N) is 3. The fourth-order valence-corrected chi connectivity index (χ4v) is 3.32. The second-order valence-electron chi connectivity index (χ2n) is 7.63. The summed E-state index contributed by atoms with van der Waals surface area (Å²) in [6.07, 6.45) is 6.74. The normalized spacial score (nSPS) is 10.3. The van der Waals surface area contributed by atoms with Gasteiger partial charge in [0, 0.05) is 43.0 Å². The first-order chi connectivity index (χ1) is 17.2. The lowest BCUT2D eigenvalue weighted by Crippen LogP contribution is -2.30. The van der Waals surface area contributed by atoms with E-state index in [0.717, 1.165) is 6.07 Å². The number of terminal acetylenes is 1. The van der Waals surface area contributed by atoms with Crippen molar-refractivity contribution >= 4 is 40.8 Å². The highest BCUT2D eigenvalue weighted by atomic mass is 35.5. The van der Waals surface area contributed by atoms with E-state index in [-0.39, 0.29) is 33.5 Å². The van der Waals surface area contributed by atoms with Crippen molar-refractivity contribution in [1.82, 2.24) is 9.88 Å². The fraction of sp³-hybridized carbons (Fsp3) is 0.154. The Balaban J connectivity index is 1.79. The van der Waals surface area contributed by atoms with E-state index in [0.29, 0.717) is 24.3 Å². The number of hydrogen-bond acceptors (Lipinski definition) is 5. The van der Waals surface area contributed by atoms with E-state index in [1.54, 1.807) is 25.1 Å². The van der Waals surface area contributed by atoms with Crippen molar-refractivity contribution in [3.05, 3.63) is 87.8 Å². The molecule has 184 valence electrons. The van der Waals surface area contributed by atoms with Gasteiger partial charge in [0.05, 0.1) is 23.4 Å². The van der Waals surface area contributed by atoms with Gasteiger partial charge in [0.1, 0.15) is 17.5 Å². The van der Waals surface area contributed by atoms with Crippen molar-refractivity contribution in [2.45, 2.75) is 0 Å². The minimum atomic E-state index is -0.812. The molecule has 0 saturated heterocycles. The van der Waals surface area contributed by atoms with Gasteiger partial charge in [-0.3, -0.25) is 15.0 Å². The monoisotopic (exact) mass is 507 g/mol. The number of amidine groups is 1. The predicted octanol–water partition coefficient (Wildman–Crippen LogP) is 4.26. The Hall–Kier alpha value is -4.26. The molecule has 1 aromatic heterocycles. The number of halogens is 2. The Morgan fingerprint density at radius 2 is 1.89 bits per heavy atom. The van der Waals surface area contributed by atoms with E-state index in [9.17, 15) is 14.0 Å². The lowest BCUT2D eigenvalue weighted by Gasteiger charge is -2.20. The van der Waals surface area contributed by atoms with Gasteiger partial charge in [0.25, 0.3) is 11.8 Å². The zero-order chi connectivity index (χ0) is 26.2. The molecule has 10 heteroatoms. The third-order valence-electron chi connectivity index (χ3n) is 5.15. The second-order valence-corrected chi connectivity index (χ2v) is 8.07. The van der Waals surface area contributed by atoms with Gasteiger partial charge in [-0.25, -0.2) is 9.37 Å². The number of hydrogen-bond donors (Lipinski definition) is 3. The van der Waals surface area contributed by atoms with E-state index >= 15 is 0 Å². The topological polar surface area (TPSA) is 107 Å². The van der Waals surface area contributed by atoms with E-state index in [1.807, 2.05) is 0 Å². The van der Waals surface area contributed by atoms with Gasteiger partial charge in [-0.05, 0) is 42.5 Å². The molecule has 3 aromatic rings. The van der Waals surface area contributed by atoms with Crippen LogP contribution in [0.4, 0.5) is 15.9 Å². The van der Waals surface area contributed by atoms with Gasteiger partial charge in [0.2, 0.25) is 0 Å². The van der Waals surface area contributed by atoms with Crippen molar-refractivity contribution in [2.75, 3.05) is 37.9 Å². The molecule has 0 fully saturated rings. The van der Waals surface area contributed by atoms with E-state index in [4.69, 9.17) is 28.2 Å². The number of carbonyl (C=O) groups excluding carboxylic acids is 2. The minimum Gasteiger partial charge on any atom is -0.383 e. The number of aromatic nitrogens is 1. The Morgan fingerprint density at radius 1 is 1.14 bits per heavy atom. The van der Waals surface area contributed by atoms with E-state index in [2.05, 4.69) is 21.5 Å². The van der Waals surface area contributed by atoms with Crippen LogP contribution in [0.1, 0.15) is 31.8 Å². The molecule has 3 N–H and O–H groups in total. The average molecular weight is 508 g/mol. The summed E-state index contributed by atoms with van der Waals surface area (Å²) in [5.41, 5.74) is 0.778. The molecule has 0 aliphatic rings. The molecular weight excluding hydrogens is 485 g/mol. The van der Waals surface area contributed by atoms with Crippen molar-refractivity contribution in [1.29, 1.82) is 5.41 Å². The number of methoxy groups -OCH3 is 1. The molecule has 0 spiro atoms. The smallest absolute Gasteiger partial charge is 0.258 e. The van der Waals surface area contributed by atoms with Gasteiger partial charge in [-0.2, -0.15) is 0 Å². The molecule has 0 bridgehead atoms. The van der Waals surface area contributed by atoms with Crippen LogP contribution < -0.4 is 10.6 Å². The van der Waals surface area contributed by atoms with Gasteiger partial charge in [-0.15, -0.1) is 6.42 Å². The zero-order valence-electron chi connectivity index (χ0n) is 19.6. The number of ether oxygens (including phenoxy) is 1. The number of amides is 2. The van der Waals surface area contributed by atoms with Gasteiger partial charge < -0.3 is 20.3 Å². The summed E-state index contributed by atoms with van der Waals surface area (Å²) < 4.78 is 19.8. The highest BCUT2D eigenvalue weighted by Gasteiger charge is 2.19. The van der Waals surface area contributed by atoms with Crippen LogP contribution in [0, 0.1) is 23.6 Å². The van der Waals surface area contributed by atoms with Crippen LogP contribution in [0.15, 0.2) is 54.7 Å². The van der Waals surface area contributed by atoms with Gasteiger partial charge in [-0.1, -0.05) is 23.6 Å². The summed E-state index contributed by atoms with van der Waals surface area (Å²) in [5.74, 6) is 0.588. The molecule has 0 aliphatic carbocycles. The molecule has 0 saturated carbocycles. The number of benzene rings is 2. The predicted molar refractivity (Wildman–Crippen MR) is 137 cm³/mol. The lowest BCUT2D eigenvalue weighted by atomic mass is 10.1. The van der Waals surface area contributed by atoms with Crippen LogP contribution >= 0.6 is 11.6 Å². The maximum Gasteiger partial charge on any atom is 0.258 e. The molecular formula is C26H23ClFN5O3. The fourth-order valence-electron chi connectivity index (χ4n) is 3.15. The number of anilines is 2. The molecule has 2 aromatic carbocycles. The van der Waals surface area contributed by atoms with Crippen molar-refractivity contribution in [3.8, 4) is 12.3 Å². The van der Waals surface area contributed by atoms with Crippen LogP contribution in [-0.4, -0.2) is 54.8 Å². The first-order valence-corrected chi connectivity index (χ1v) is 11.0. The molecule has 8 nitrogen and oxygen atoms in total. The highest BCUT2D eigenvalue weighted by Crippen LogP contribution is 2.23. The lowest BCUT2D eigenvalue weighted by molar-refractivity contribution is 0.102. The Morgan fingerprint density at radius 3 is 2.53 bits per heavy atom. The quantitative estimate of drug-likeness (QED) is 0.240. The van der Waals surface area contributed by atoms with Gasteiger partial charge in [0.15, 0.2) is 0 Å². The summed E-state index contributed by atoms with van der Waals surface area (Å²) in [6, 6.07) is 11.3. The van der Waals surface area contributed by atoms with Crippen LogP contribution in [0.25, 0.3) is 0 Å². The summed E-state index contributed by atoms with van der Waals surface area (Å²) in [4.78, 5) is 31.4. The first kappa shape index (κ1) is 26.3. The Bertz CT molecular complexity index is 1340. The first-order valence-electron chi connectivity index (χ1n) is 10.7. The molecule has 2 amide bonds. The molecule has 0 atom stereocenters. The van der Waals surface area contributed by atoms with Crippen molar-refractivity contribution in [2.24, 2.45) is 0 Å². The molecule has 1 heterocycles. The number of likely N-dealkylation sites (N-methyl/N-ethyl adjacent to an activating group) is 1. The third kappa shape index (κ3) is 6.44. The SMILES string of the molecule is C#Cc1ccc(NC(=O)c2cc(Cl)ccc2NC(=O)c2ccc(C(=N)N(C)CCOC)cc2F)nc1. The molecule has 0 unspecified atom stereocenters. The van der Waals surface area contributed by atoms with Crippen molar-refractivity contribution in [3.63, 3.8) is 0 Å². The summed E-state index contributed by atoms with van der Waals surface area (Å²) in [5, 5.41) is 13.6. The standard InChI is InChI=1S/C26H23ClFN5O3/c1-4-16-5-10-23(30-15-16)32-26(35)20-14-18(27)7-9-22(20)31-25(34)19-8-6-17(13-21(19)28)24(29)33(2)11-12-36-3/h1,5-10,13-15,29H,11-12H2,2-3H3,(H,31,34)(H,30,32,35). The number of rotatable bonds is 8. The van der Waals surface area contributed by atoms with E-state index < -0.39 is 17.6 Å². The average Bonchev–Trinajstić information content (AvgIpc) is 2.88. The Kier molecular flexibility index (Phi) is 8.73. The maximum atomic E-state index is 14.8. The number of carbonyl (C=O) groups is 2. The zero-order valence-corrected chi connectivity index (χ0v) is 20.3. The molecule has 0 radical (unpaired) electrons. The van der Waals surface area contributed by atoms with Crippen LogP contribution in [0.2, 0.25) is 5.02 Å². The molecule has 3 rings (SSSR count). The maximum absolute atomic E-state index is 14.8. The Labute approximate surface area is 212 Å². The highest BCUT2D eigenvalue weighted by molar-refractivity contribution is 6.31. The largest absolute Gasteiger partial charge is 0.383 e. The number of nitrogens with zero attached hydrogens (tertiary/aromatic N) is 2. The van der Waals surface area contributed by atoms with Crippen LogP contribution in [-0.2, 0) is 4.74 Å². The number of pyridine rings is 1. The second kappa shape index (κ2) is 11.9. The van der Waals surface area contributed by atoms with Crippen LogP contribution in [0.5, 0.6) is 0 Å². The summed E-state index contributed by atoms with van der Waals surface area (Å²) in [6.45, 7) is 0.856. The molecule has 0 aliphatic heterocycles. The summed E-state index contributed by atoms with van der Waals surface area (Å²) in [7, 11) is 3.24. The van der Waals surface area contributed by atoms with E-state index in [1.165, 1.54) is 42.6 Å². The molecule has 36 heavy (non-hydrogen) atoms.